The Hall–Kier alpha value is -5.38. The number of rotatable bonds is 8. The van der Waals surface area contributed by atoms with Crippen LogP contribution in [0.1, 0.15) is 22.3 Å². The van der Waals surface area contributed by atoms with Crippen LogP contribution < -0.4 is 9.80 Å². The maximum absolute atomic E-state index is 2.32. The average molecular weight is 627 g/mol. The third kappa shape index (κ3) is 6.63. The third-order valence-corrected chi connectivity index (χ3v) is 9.78. The quantitative estimate of drug-likeness (QED) is 0.166. The predicted octanol–water partition coefficient (Wildman–Crippen LogP) is 13.3. The highest BCUT2D eigenvalue weighted by Gasteiger charge is 2.15. The van der Waals surface area contributed by atoms with Gasteiger partial charge in [-0.2, -0.15) is 0 Å². The summed E-state index contributed by atoms with van der Waals surface area (Å²) in [5.41, 5.74) is 14.3. The minimum absolute atomic E-state index is 1.14. The maximum Gasteiger partial charge on any atom is 0.0462 e. The van der Waals surface area contributed by atoms with Crippen molar-refractivity contribution in [1.82, 2.24) is 0 Å². The number of benzene rings is 6. The van der Waals surface area contributed by atoms with Crippen molar-refractivity contribution in [3.05, 3.63) is 180 Å². The van der Waals surface area contributed by atoms with Gasteiger partial charge in [-0.3, -0.25) is 0 Å². The Morgan fingerprint density at radius 2 is 0.489 bits per heavy atom. The highest BCUT2D eigenvalue weighted by Crippen LogP contribution is 2.40. The molecular formula is C44H38N2S. The molecule has 2 nitrogen and oxygen atoms in total. The molecule has 1 aromatic heterocycles. The predicted molar refractivity (Wildman–Crippen MR) is 204 cm³/mol. The van der Waals surface area contributed by atoms with E-state index in [1.165, 1.54) is 43.1 Å². The minimum Gasteiger partial charge on any atom is -0.311 e. The fourth-order valence-electron chi connectivity index (χ4n) is 5.87. The lowest BCUT2D eigenvalue weighted by atomic mass is 10.1. The molecular weight excluding hydrogens is 589 g/mol. The molecule has 47 heavy (non-hydrogen) atoms. The van der Waals surface area contributed by atoms with Crippen molar-refractivity contribution in [3.63, 3.8) is 0 Å². The second-order valence-electron chi connectivity index (χ2n) is 12.3. The van der Waals surface area contributed by atoms with Gasteiger partial charge >= 0.3 is 0 Å². The van der Waals surface area contributed by atoms with Gasteiger partial charge in [0.25, 0.3) is 0 Å². The first kappa shape index (κ1) is 30.3. The van der Waals surface area contributed by atoms with Crippen LogP contribution in [0.5, 0.6) is 0 Å². The van der Waals surface area contributed by atoms with Crippen LogP contribution >= 0.6 is 11.3 Å². The van der Waals surface area contributed by atoms with Gasteiger partial charge in [-0.15, -0.1) is 11.3 Å². The Kier molecular flexibility index (Phi) is 8.48. The fourth-order valence-corrected chi connectivity index (χ4v) is 6.88. The van der Waals surface area contributed by atoms with Crippen LogP contribution in [-0.2, 0) is 0 Å². The van der Waals surface area contributed by atoms with Gasteiger partial charge in [0.15, 0.2) is 0 Å². The van der Waals surface area contributed by atoms with E-state index in [1.54, 1.807) is 0 Å². The lowest BCUT2D eigenvalue weighted by Gasteiger charge is -2.26. The minimum atomic E-state index is 1.14. The third-order valence-electron chi connectivity index (χ3n) is 8.59. The normalized spacial score (nSPS) is 11.0. The highest BCUT2D eigenvalue weighted by molar-refractivity contribution is 7.18. The van der Waals surface area contributed by atoms with Gasteiger partial charge in [0.1, 0.15) is 0 Å². The summed E-state index contributed by atoms with van der Waals surface area (Å²) in [6, 6.07) is 57.3. The molecule has 7 rings (SSSR count). The van der Waals surface area contributed by atoms with Crippen molar-refractivity contribution in [1.29, 1.82) is 0 Å². The van der Waals surface area contributed by atoms with Crippen molar-refractivity contribution in [2.75, 3.05) is 9.80 Å². The van der Waals surface area contributed by atoms with Gasteiger partial charge in [0.2, 0.25) is 0 Å². The zero-order valence-electron chi connectivity index (χ0n) is 27.3. The molecule has 0 saturated carbocycles. The zero-order chi connectivity index (χ0) is 32.3. The lowest BCUT2D eigenvalue weighted by Crippen LogP contribution is -2.09. The maximum atomic E-state index is 2.32. The van der Waals surface area contributed by atoms with Crippen molar-refractivity contribution in [3.8, 4) is 20.9 Å². The van der Waals surface area contributed by atoms with E-state index in [1.807, 2.05) is 11.3 Å². The van der Waals surface area contributed by atoms with Crippen molar-refractivity contribution < 1.29 is 0 Å². The Morgan fingerprint density at radius 3 is 0.723 bits per heavy atom. The Bertz CT molecular complexity index is 1830. The molecule has 0 N–H and O–H groups in total. The number of anilines is 6. The van der Waals surface area contributed by atoms with Crippen molar-refractivity contribution in [2.45, 2.75) is 27.7 Å². The number of aryl methyl sites for hydroxylation is 4. The van der Waals surface area contributed by atoms with Gasteiger partial charge in [-0.1, -0.05) is 95.1 Å². The first-order valence-electron chi connectivity index (χ1n) is 16.1. The summed E-state index contributed by atoms with van der Waals surface area (Å²) in [5, 5.41) is 0. The van der Waals surface area contributed by atoms with E-state index in [9.17, 15) is 0 Å². The topological polar surface area (TPSA) is 6.48 Å². The molecule has 0 radical (unpaired) electrons. The van der Waals surface area contributed by atoms with Crippen LogP contribution in [0.15, 0.2) is 158 Å². The Morgan fingerprint density at radius 1 is 0.277 bits per heavy atom. The zero-order valence-corrected chi connectivity index (χ0v) is 28.1. The summed E-state index contributed by atoms with van der Waals surface area (Å²) in [6.45, 7) is 8.52. The summed E-state index contributed by atoms with van der Waals surface area (Å²) in [7, 11) is 0. The lowest BCUT2D eigenvalue weighted by molar-refractivity contribution is 1.27. The van der Waals surface area contributed by atoms with Gasteiger partial charge in [0.05, 0.1) is 0 Å². The largest absolute Gasteiger partial charge is 0.311 e. The first-order valence-corrected chi connectivity index (χ1v) is 16.9. The first-order chi connectivity index (χ1) is 22.9. The highest BCUT2D eigenvalue weighted by atomic mass is 32.1. The second kappa shape index (κ2) is 13.2. The van der Waals surface area contributed by atoms with E-state index >= 15 is 0 Å². The van der Waals surface area contributed by atoms with Gasteiger partial charge in [-0.05, 0) is 124 Å². The van der Waals surface area contributed by atoms with Crippen LogP contribution in [0.3, 0.4) is 0 Å². The van der Waals surface area contributed by atoms with Gasteiger partial charge < -0.3 is 9.80 Å². The molecule has 0 aliphatic rings. The number of thiophene rings is 1. The molecule has 0 unspecified atom stereocenters. The van der Waals surface area contributed by atoms with Crippen LogP contribution in [-0.4, -0.2) is 0 Å². The number of nitrogens with zero attached hydrogens (tertiary/aromatic N) is 2. The van der Waals surface area contributed by atoms with E-state index in [2.05, 4.69) is 195 Å². The molecule has 6 aromatic carbocycles. The van der Waals surface area contributed by atoms with Crippen LogP contribution in [0.2, 0.25) is 0 Å². The van der Waals surface area contributed by atoms with Crippen LogP contribution in [0, 0.1) is 27.7 Å². The molecule has 7 aromatic rings. The Balaban J connectivity index is 1.15. The SMILES string of the molecule is Cc1ccc(N(c2ccc(C)cc2)c2ccc(-c3ccc(-c4ccc(N(c5ccc(C)cc5)c5ccc(C)cc5)cc4)s3)cc2)cc1. The van der Waals surface area contributed by atoms with Crippen LogP contribution in [0.4, 0.5) is 34.1 Å². The molecule has 0 saturated heterocycles. The Labute approximate surface area is 282 Å². The fraction of sp³-hybridized carbons (Fsp3) is 0.0909. The molecule has 0 aliphatic carbocycles. The average Bonchev–Trinajstić information content (AvgIpc) is 3.60. The van der Waals surface area contributed by atoms with Crippen molar-refractivity contribution in [2.24, 2.45) is 0 Å². The van der Waals surface area contributed by atoms with Crippen LogP contribution in [0.25, 0.3) is 20.9 Å². The summed E-state index contributed by atoms with van der Waals surface area (Å²) >= 11 is 1.83. The van der Waals surface area contributed by atoms with Gasteiger partial charge in [0, 0.05) is 43.9 Å². The molecule has 0 atom stereocenters. The van der Waals surface area contributed by atoms with Gasteiger partial charge in [-0.25, -0.2) is 0 Å². The molecule has 3 heteroatoms. The van der Waals surface area contributed by atoms with E-state index < -0.39 is 0 Å². The standard InChI is InChI=1S/C44H38N2S/c1-31-5-17-37(18-6-31)45(38-19-7-32(2)8-20-38)41-25-13-35(14-26-41)43-29-30-44(47-43)36-15-27-42(28-16-36)46(39-21-9-33(3)10-22-39)40-23-11-34(4)12-24-40/h5-30H,1-4H3. The van der Waals surface area contributed by atoms with E-state index in [0.29, 0.717) is 0 Å². The van der Waals surface area contributed by atoms with E-state index in [-0.39, 0.29) is 0 Å². The number of hydrogen-bond acceptors (Lipinski definition) is 3. The second-order valence-corrected chi connectivity index (χ2v) is 13.4. The molecule has 0 bridgehead atoms. The molecule has 230 valence electrons. The van der Waals surface area contributed by atoms with E-state index in [4.69, 9.17) is 0 Å². The smallest absolute Gasteiger partial charge is 0.0462 e. The summed E-state index contributed by atoms with van der Waals surface area (Å²) in [5.74, 6) is 0. The monoisotopic (exact) mass is 626 g/mol. The number of hydrogen-bond donors (Lipinski definition) is 0. The van der Waals surface area contributed by atoms with E-state index in [0.717, 1.165) is 34.1 Å². The molecule has 1 heterocycles. The summed E-state index contributed by atoms with van der Waals surface area (Å²) in [6.07, 6.45) is 0. The summed E-state index contributed by atoms with van der Waals surface area (Å²) < 4.78 is 0. The molecule has 0 amide bonds. The molecule has 0 spiro atoms. The molecule has 0 aliphatic heterocycles. The van der Waals surface area contributed by atoms with Crippen molar-refractivity contribution >= 4 is 45.5 Å². The molecule has 0 fully saturated rings. The summed E-state index contributed by atoms with van der Waals surface area (Å²) in [4.78, 5) is 7.16.